The summed E-state index contributed by atoms with van der Waals surface area (Å²) < 4.78 is 16.9. The maximum absolute atomic E-state index is 15.0. The number of aromatic carboxylic acids is 1. The summed E-state index contributed by atoms with van der Waals surface area (Å²) in [7, 11) is 0. The molecule has 1 aromatic carbocycles. The van der Waals surface area contributed by atoms with Crippen molar-refractivity contribution in [2.75, 3.05) is 24.5 Å². The predicted molar refractivity (Wildman–Crippen MR) is 107 cm³/mol. The van der Waals surface area contributed by atoms with Crippen molar-refractivity contribution >= 4 is 22.6 Å². The molecule has 0 radical (unpaired) electrons. The summed E-state index contributed by atoms with van der Waals surface area (Å²) in [5, 5.41) is 9.51. The van der Waals surface area contributed by atoms with E-state index in [-0.39, 0.29) is 17.0 Å². The first-order valence-corrected chi connectivity index (χ1v) is 9.94. The largest absolute Gasteiger partial charge is 0.477 e. The highest BCUT2D eigenvalue weighted by Crippen LogP contribution is 2.38. The van der Waals surface area contributed by atoms with Gasteiger partial charge in [-0.2, -0.15) is 0 Å². The van der Waals surface area contributed by atoms with Crippen molar-refractivity contribution in [3.8, 4) is 0 Å². The number of fused-ring (bicyclic) bond motifs is 1. The lowest BCUT2D eigenvalue weighted by atomic mass is 10.1. The first kappa shape index (κ1) is 18.9. The van der Waals surface area contributed by atoms with Crippen LogP contribution in [0.5, 0.6) is 0 Å². The van der Waals surface area contributed by atoms with E-state index in [9.17, 15) is 14.7 Å². The predicted octanol–water partition coefficient (Wildman–Crippen LogP) is 3.09. The number of carboxylic acid groups (broad SMARTS) is 1. The third kappa shape index (κ3) is 3.07. The number of nitrogens with zero attached hydrogens (tertiary/aromatic N) is 3. The SMILES string of the molecule is CCN1C(C)CN(c2cc3c(cc2F)c(=O)c(C(=O)O)cn3C2CC2)CC1C. The molecule has 4 rings (SSSR count). The van der Waals surface area contributed by atoms with Gasteiger partial charge in [0.1, 0.15) is 11.4 Å². The van der Waals surface area contributed by atoms with E-state index < -0.39 is 17.2 Å². The molecule has 1 aliphatic heterocycles. The lowest BCUT2D eigenvalue weighted by molar-refractivity contribution is 0.0695. The van der Waals surface area contributed by atoms with Gasteiger partial charge < -0.3 is 14.6 Å². The van der Waals surface area contributed by atoms with Crippen molar-refractivity contribution in [2.24, 2.45) is 0 Å². The summed E-state index contributed by atoms with van der Waals surface area (Å²) in [6, 6.07) is 3.72. The van der Waals surface area contributed by atoms with Crippen molar-refractivity contribution < 1.29 is 14.3 Å². The number of pyridine rings is 1. The Morgan fingerprint density at radius 1 is 1.21 bits per heavy atom. The average molecular weight is 387 g/mol. The van der Waals surface area contributed by atoms with Crippen LogP contribution in [0.15, 0.2) is 23.1 Å². The first-order chi connectivity index (χ1) is 13.3. The van der Waals surface area contributed by atoms with Gasteiger partial charge in [0.2, 0.25) is 5.43 Å². The Labute approximate surface area is 163 Å². The molecule has 2 fully saturated rings. The summed E-state index contributed by atoms with van der Waals surface area (Å²) in [5.74, 6) is -1.75. The molecule has 150 valence electrons. The quantitative estimate of drug-likeness (QED) is 0.873. The molecule has 6 nitrogen and oxygen atoms in total. The molecule has 28 heavy (non-hydrogen) atoms. The fourth-order valence-corrected chi connectivity index (χ4v) is 4.58. The van der Waals surface area contributed by atoms with Crippen LogP contribution in [0.25, 0.3) is 10.9 Å². The van der Waals surface area contributed by atoms with Gasteiger partial charge in [0, 0.05) is 42.8 Å². The fourth-order valence-electron chi connectivity index (χ4n) is 4.58. The van der Waals surface area contributed by atoms with E-state index in [1.165, 1.54) is 12.3 Å². The summed E-state index contributed by atoms with van der Waals surface area (Å²) >= 11 is 0. The van der Waals surface area contributed by atoms with Crippen molar-refractivity contribution in [1.82, 2.24) is 9.47 Å². The minimum atomic E-state index is -1.27. The first-order valence-electron chi connectivity index (χ1n) is 9.94. The second-order valence-electron chi connectivity index (χ2n) is 8.07. The monoisotopic (exact) mass is 387 g/mol. The Morgan fingerprint density at radius 3 is 2.39 bits per heavy atom. The van der Waals surface area contributed by atoms with Crippen LogP contribution in [0.2, 0.25) is 0 Å². The van der Waals surface area contributed by atoms with E-state index in [0.717, 1.165) is 19.4 Å². The maximum Gasteiger partial charge on any atom is 0.341 e. The lowest BCUT2D eigenvalue weighted by Gasteiger charge is -2.45. The van der Waals surface area contributed by atoms with E-state index in [0.29, 0.717) is 36.4 Å². The average Bonchev–Trinajstić information content (AvgIpc) is 3.46. The van der Waals surface area contributed by atoms with E-state index in [2.05, 4.69) is 25.7 Å². The maximum atomic E-state index is 15.0. The molecule has 1 aromatic heterocycles. The number of likely N-dealkylation sites (N-methyl/N-ethyl adjacent to an activating group) is 1. The molecule has 0 bridgehead atoms. The van der Waals surface area contributed by atoms with Crippen molar-refractivity contribution in [2.45, 2.75) is 51.7 Å². The number of hydrogen-bond donors (Lipinski definition) is 1. The lowest BCUT2D eigenvalue weighted by Crippen LogP contribution is -2.56. The Balaban J connectivity index is 1.84. The van der Waals surface area contributed by atoms with Gasteiger partial charge in [-0.15, -0.1) is 0 Å². The number of benzene rings is 1. The molecule has 2 heterocycles. The topological polar surface area (TPSA) is 65.8 Å². The number of rotatable bonds is 4. The molecule has 2 atom stereocenters. The number of halogens is 1. The van der Waals surface area contributed by atoms with Gasteiger partial charge in [-0.3, -0.25) is 9.69 Å². The van der Waals surface area contributed by atoms with Crippen LogP contribution >= 0.6 is 0 Å². The minimum absolute atomic E-state index is 0.140. The number of aromatic nitrogens is 1. The second kappa shape index (κ2) is 6.88. The highest BCUT2D eigenvalue weighted by Gasteiger charge is 2.31. The molecule has 0 amide bonds. The van der Waals surface area contributed by atoms with Crippen molar-refractivity contribution in [1.29, 1.82) is 0 Å². The van der Waals surface area contributed by atoms with Gasteiger partial charge in [0.15, 0.2) is 0 Å². The molecule has 2 unspecified atom stereocenters. The molecule has 1 N–H and O–H groups in total. The van der Waals surface area contributed by atoms with Crippen LogP contribution in [-0.2, 0) is 0 Å². The number of anilines is 1. The van der Waals surface area contributed by atoms with Crippen LogP contribution in [0, 0.1) is 5.82 Å². The van der Waals surface area contributed by atoms with Gasteiger partial charge >= 0.3 is 5.97 Å². The normalized spacial score (nSPS) is 23.4. The van der Waals surface area contributed by atoms with E-state index in [4.69, 9.17) is 0 Å². The van der Waals surface area contributed by atoms with Gasteiger partial charge in [-0.05, 0) is 45.4 Å². The zero-order valence-electron chi connectivity index (χ0n) is 16.5. The smallest absolute Gasteiger partial charge is 0.341 e. The highest BCUT2D eigenvalue weighted by atomic mass is 19.1. The van der Waals surface area contributed by atoms with Crippen molar-refractivity contribution in [3.05, 3.63) is 39.9 Å². The summed E-state index contributed by atoms with van der Waals surface area (Å²) in [6.07, 6.45) is 3.30. The molecular formula is C21H26FN3O3. The molecule has 7 heteroatoms. The molecule has 1 saturated carbocycles. The van der Waals surface area contributed by atoms with E-state index >= 15 is 4.39 Å². The van der Waals surface area contributed by atoms with Gasteiger partial charge in [-0.1, -0.05) is 6.92 Å². The van der Waals surface area contributed by atoms with E-state index in [1.807, 2.05) is 9.47 Å². The third-order valence-corrected chi connectivity index (χ3v) is 6.08. The fraction of sp³-hybridized carbons (Fsp3) is 0.524. The minimum Gasteiger partial charge on any atom is -0.477 e. The molecule has 1 aliphatic carbocycles. The number of carboxylic acids is 1. The van der Waals surface area contributed by atoms with Crippen LogP contribution < -0.4 is 10.3 Å². The molecule has 2 aliphatic rings. The van der Waals surface area contributed by atoms with Gasteiger partial charge in [-0.25, -0.2) is 9.18 Å². The Bertz CT molecular complexity index is 987. The third-order valence-electron chi connectivity index (χ3n) is 6.08. The van der Waals surface area contributed by atoms with Crippen LogP contribution in [0.4, 0.5) is 10.1 Å². The van der Waals surface area contributed by atoms with Crippen molar-refractivity contribution in [3.63, 3.8) is 0 Å². The Kier molecular flexibility index (Phi) is 4.65. The number of hydrogen-bond acceptors (Lipinski definition) is 4. The summed E-state index contributed by atoms with van der Waals surface area (Å²) in [4.78, 5) is 28.5. The Morgan fingerprint density at radius 2 is 1.86 bits per heavy atom. The molecule has 0 spiro atoms. The Hall–Kier alpha value is -2.41. The highest BCUT2D eigenvalue weighted by molar-refractivity contribution is 5.93. The zero-order chi connectivity index (χ0) is 20.2. The summed E-state index contributed by atoms with van der Waals surface area (Å²) in [6.45, 7) is 8.79. The van der Waals surface area contributed by atoms with Crippen LogP contribution in [0.3, 0.4) is 0 Å². The standard InChI is InChI=1S/C21H26FN3O3/c1-4-24-12(2)9-23(10-13(24)3)19-8-18-15(7-17(19)22)20(26)16(21(27)28)11-25(18)14-5-6-14/h7-8,11-14H,4-6,9-10H2,1-3H3,(H,27,28). The second-order valence-corrected chi connectivity index (χ2v) is 8.07. The zero-order valence-corrected chi connectivity index (χ0v) is 16.5. The van der Waals surface area contributed by atoms with Gasteiger partial charge in [0.25, 0.3) is 0 Å². The summed E-state index contributed by atoms with van der Waals surface area (Å²) in [5.41, 5.74) is 0.179. The number of piperazine rings is 1. The van der Waals surface area contributed by atoms with Gasteiger partial charge in [0.05, 0.1) is 11.2 Å². The molecular weight excluding hydrogens is 361 g/mol. The van der Waals surface area contributed by atoms with Crippen LogP contribution in [0.1, 0.15) is 50.0 Å². The van der Waals surface area contributed by atoms with Crippen LogP contribution in [-0.4, -0.2) is 52.3 Å². The molecule has 2 aromatic rings. The number of carbonyl (C=O) groups is 1. The molecule has 1 saturated heterocycles. The van der Waals surface area contributed by atoms with E-state index in [1.54, 1.807) is 6.07 Å².